The molecule has 6 heteroatoms. The van der Waals surface area contributed by atoms with Gasteiger partial charge in [-0.1, -0.05) is 0 Å². The third-order valence-electron chi connectivity index (χ3n) is 5.96. The smallest absolute Gasteiger partial charge is 0.309 e. The van der Waals surface area contributed by atoms with Crippen molar-refractivity contribution < 1.29 is 29.3 Å². The lowest BCUT2D eigenvalue weighted by Gasteiger charge is -2.06. The molecule has 0 heterocycles. The Morgan fingerprint density at radius 3 is 1.29 bits per heavy atom. The van der Waals surface area contributed by atoms with Gasteiger partial charge < -0.3 is 19.7 Å². The Morgan fingerprint density at radius 1 is 0.750 bits per heavy atom. The molecular formula is C18H28O6. The highest BCUT2D eigenvalue weighted by atomic mass is 16.5. The van der Waals surface area contributed by atoms with Gasteiger partial charge in [0.2, 0.25) is 0 Å². The van der Waals surface area contributed by atoms with Crippen LogP contribution in [-0.2, 0) is 19.1 Å². The van der Waals surface area contributed by atoms with E-state index in [1.54, 1.807) is 0 Å². The van der Waals surface area contributed by atoms with Crippen LogP contribution in [0.5, 0.6) is 0 Å². The fourth-order valence-corrected chi connectivity index (χ4v) is 4.80. The van der Waals surface area contributed by atoms with Gasteiger partial charge in [-0.05, 0) is 63.2 Å². The van der Waals surface area contributed by atoms with E-state index in [-0.39, 0.29) is 36.0 Å². The standard InChI is InChI=1S/2C9H14O3/c2*1-2-12-9(11)8-6-3-5(10)4-7(6)8/h2*5-8,10H,2-4H2,1H3/t2*5?,6-,7+,8?. The van der Waals surface area contributed by atoms with Crippen molar-refractivity contribution in [1.82, 2.24) is 0 Å². The van der Waals surface area contributed by atoms with Crippen molar-refractivity contribution in [2.75, 3.05) is 13.2 Å². The van der Waals surface area contributed by atoms with E-state index in [1.165, 1.54) is 0 Å². The van der Waals surface area contributed by atoms with Gasteiger partial charge in [0.15, 0.2) is 0 Å². The van der Waals surface area contributed by atoms with Crippen LogP contribution in [0, 0.1) is 35.5 Å². The van der Waals surface area contributed by atoms with Crippen LogP contribution in [0.3, 0.4) is 0 Å². The monoisotopic (exact) mass is 340 g/mol. The largest absolute Gasteiger partial charge is 0.466 e. The van der Waals surface area contributed by atoms with Crippen molar-refractivity contribution in [1.29, 1.82) is 0 Å². The zero-order valence-electron chi connectivity index (χ0n) is 14.4. The summed E-state index contributed by atoms with van der Waals surface area (Å²) in [6.45, 7) is 4.59. The fourth-order valence-electron chi connectivity index (χ4n) is 4.80. The molecule has 0 amide bonds. The lowest BCUT2D eigenvalue weighted by atomic mass is 10.1. The van der Waals surface area contributed by atoms with Crippen molar-refractivity contribution >= 4 is 11.9 Å². The Labute approximate surface area is 142 Å². The molecule has 0 bridgehead atoms. The topological polar surface area (TPSA) is 93.1 Å². The summed E-state index contributed by atoms with van der Waals surface area (Å²) in [6.07, 6.45) is 2.88. The van der Waals surface area contributed by atoms with E-state index in [4.69, 9.17) is 9.47 Å². The molecule has 0 saturated heterocycles. The Bertz CT molecular complexity index is 424. The maximum Gasteiger partial charge on any atom is 0.309 e. The van der Waals surface area contributed by atoms with E-state index in [0.717, 1.165) is 25.7 Å². The molecule has 24 heavy (non-hydrogen) atoms. The first-order chi connectivity index (χ1) is 11.5. The highest BCUT2D eigenvalue weighted by Crippen LogP contribution is 2.58. The number of esters is 2. The Kier molecular flexibility index (Phi) is 5.16. The minimum absolute atomic E-state index is 0.0561. The van der Waals surface area contributed by atoms with E-state index < -0.39 is 0 Å². The number of ether oxygens (including phenoxy) is 2. The van der Waals surface area contributed by atoms with Crippen molar-refractivity contribution in [3.05, 3.63) is 0 Å². The third kappa shape index (κ3) is 3.45. The van der Waals surface area contributed by atoms with Crippen LogP contribution in [0.2, 0.25) is 0 Å². The first-order valence-corrected chi connectivity index (χ1v) is 9.17. The number of aliphatic hydroxyl groups is 2. The molecule has 0 aliphatic heterocycles. The molecule has 2 N–H and O–H groups in total. The summed E-state index contributed by atoms with van der Waals surface area (Å²) in [5, 5.41) is 18.4. The molecule has 8 atom stereocenters. The van der Waals surface area contributed by atoms with Crippen LogP contribution in [0.25, 0.3) is 0 Å². The van der Waals surface area contributed by atoms with Gasteiger partial charge in [0.25, 0.3) is 0 Å². The van der Waals surface area contributed by atoms with Crippen LogP contribution >= 0.6 is 0 Å². The second-order valence-electron chi connectivity index (χ2n) is 7.46. The van der Waals surface area contributed by atoms with Gasteiger partial charge in [-0.15, -0.1) is 0 Å². The predicted octanol–water partition coefficient (Wildman–Crippen LogP) is 1.13. The molecule has 6 nitrogen and oxygen atoms in total. The van der Waals surface area contributed by atoms with E-state index >= 15 is 0 Å². The molecule has 4 aliphatic rings. The average molecular weight is 340 g/mol. The molecule has 0 aromatic heterocycles. The molecule has 136 valence electrons. The summed E-state index contributed by atoms with van der Waals surface area (Å²) in [6, 6.07) is 0. The van der Waals surface area contributed by atoms with Crippen LogP contribution in [0.15, 0.2) is 0 Å². The fraction of sp³-hybridized carbons (Fsp3) is 0.889. The SMILES string of the molecule is CCOC(=O)C1[C@H]2CC(O)C[C@@H]12.CCOC(=O)C1[C@H]2CC(O)C[C@@H]12. The minimum Gasteiger partial charge on any atom is -0.466 e. The van der Waals surface area contributed by atoms with Crippen molar-refractivity contribution in [3.63, 3.8) is 0 Å². The average Bonchev–Trinajstić information content (AvgIpc) is 3.26. The molecule has 0 aromatic rings. The molecule has 4 rings (SSSR count). The van der Waals surface area contributed by atoms with E-state index in [0.29, 0.717) is 36.9 Å². The highest BCUT2D eigenvalue weighted by molar-refractivity contribution is 5.77. The highest BCUT2D eigenvalue weighted by Gasteiger charge is 2.60. The first-order valence-electron chi connectivity index (χ1n) is 9.17. The number of rotatable bonds is 4. The Morgan fingerprint density at radius 2 is 1.04 bits per heavy atom. The van der Waals surface area contributed by atoms with Crippen LogP contribution in [0.1, 0.15) is 39.5 Å². The number of carbonyl (C=O) groups excluding carboxylic acids is 2. The van der Waals surface area contributed by atoms with Crippen LogP contribution in [-0.4, -0.2) is 47.6 Å². The molecule has 0 aromatic carbocycles. The molecule has 4 unspecified atom stereocenters. The van der Waals surface area contributed by atoms with Gasteiger partial charge >= 0.3 is 11.9 Å². The molecule has 4 aliphatic carbocycles. The molecular weight excluding hydrogens is 312 g/mol. The maximum atomic E-state index is 11.2. The lowest BCUT2D eigenvalue weighted by molar-refractivity contribution is -0.146. The normalized spacial score (nSPS) is 43.8. The maximum absolute atomic E-state index is 11.2. The summed E-state index contributed by atoms with van der Waals surface area (Å²) < 4.78 is 9.83. The van der Waals surface area contributed by atoms with Crippen LogP contribution < -0.4 is 0 Å². The zero-order valence-corrected chi connectivity index (χ0v) is 14.4. The Balaban J connectivity index is 0.000000141. The summed E-state index contributed by atoms with van der Waals surface area (Å²) in [7, 11) is 0. The molecule has 4 fully saturated rings. The number of fused-ring (bicyclic) bond motifs is 2. The minimum atomic E-state index is -0.161. The number of aliphatic hydroxyl groups excluding tert-OH is 2. The van der Waals surface area contributed by atoms with E-state index in [1.807, 2.05) is 13.8 Å². The van der Waals surface area contributed by atoms with Crippen molar-refractivity contribution in [3.8, 4) is 0 Å². The van der Waals surface area contributed by atoms with Crippen molar-refractivity contribution in [2.24, 2.45) is 35.5 Å². The van der Waals surface area contributed by atoms with Gasteiger partial charge in [0.05, 0.1) is 37.3 Å². The van der Waals surface area contributed by atoms with Gasteiger partial charge in [-0.2, -0.15) is 0 Å². The summed E-state index contributed by atoms with van der Waals surface area (Å²) in [4.78, 5) is 22.4. The lowest BCUT2D eigenvalue weighted by Crippen LogP contribution is -2.14. The number of hydrogen-bond acceptors (Lipinski definition) is 6. The Hall–Kier alpha value is -1.14. The third-order valence-corrected chi connectivity index (χ3v) is 5.96. The summed E-state index contributed by atoms with van der Waals surface area (Å²) in [5.74, 6) is 1.84. The molecule has 4 saturated carbocycles. The van der Waals surface area contributed by atoms with Gasteiger partial charge in [-0.3, -0.25) is 9.59 Å². The number of hydrogen-bond donors (Lipinski definition) is 2. The zero-order chi connectivity index (χ0) is 17.4. The molecule has 0 radical (unpaired) electrons. The van der Waals surface area contributed by atoms with E-state index in [2.05, 4.69) is 0 Å². The summed E-state index contributed by atoms with van der Waals surface area (Å²) in [5.41, 5.74) is 0. The first kappa shape index (κ1) is 17.7. The number of carbonyl (C=O) groups is 2. The van der Waals surface area contributed by atoms with E-state index in [9.17, 15) is 19.8 Å². The second kappa shape index (κ2) is 7.00. The van der Waals surface area contributed by atoms with Gasteiger partial charge in [0, 0.05) is 0 Å². The van der Waals surface area contributed by atoms with Crippen molar-refractivity contribution in [2.45, 2.75) is 51.7 Å². The van der Waals surface area contributed by atoms with Gasteiger partial charge in [-0.25, -0.2) is 0 Å². The second-order valence-corrected chi connectivity index (χ2v) is 7.46. The predicted molar refractivity (Wildman–Crippen MR) is 84.7 cm³/mol. The summed E-state index contributed by atoms with van der Waals surface area (Å²) >= 11 is 0. The van der Waals surface area contributed by atoms with Gasteiger partial charge in [0.1, 0.15) is 0 Å². The van der Waals surface area contributed by atoms with Crippen LogP contribution in [0.4, 0.5) is 0 Å². The quantitative estimate of drug-likeness (QED) is 0.745. The molecule has 0 spiro atoms.